The number of hydrogen-bond donors (Lipinski definition) is 0. The van der Waals surface area contributed by atoms with Gasteiger partial charge in [-0.15, -0.1) is 0 Å². The summed E-state index contributed by atoms with van der Waals surface area (Å²) in [6, 6.07) is 7.31. The molecule has 0 saturated heterocycles. The maximum absolute atomic E-state index is 12.7. The lowest BCUT2D eigenvalue weighted by atomic mass is 9.60. The van der Waals surface area contributed by atoms with Crippen LogP contribution in [0.25, 0.3) is 0 Å². The van der Waals surface area contributed by atoms with E-state index in [1.54, 1.807) is 6.08 Å². The summed E-state index contributed by atoms with van der Waals surface area (Å²) < 4.78 is 11.2. The molecule has 3 nitrogen and oxygen atoms in total. The normalized spacial score (nSPS) is 32.5. The highest BCUT2D eigenvalue weighted by Crippen LogP contribution is 2.49. The van der Waals surface area contributed by atoms with Gasteiger partial charge in [-0.2, -0.15) is 0 Å². The van der Waals surface area contributed by atoms with Crippen LogP contribution in [-0.4, -0.2) is 12.6 Å². The summed E-state index contributed by atoms with van der Waals surface area (Å²) in [6.45, 7) is 6.47. The van der Waals surface area contributed by atoms with Gasteiger partial charge in [0.15, 0.2) is 0 Å². The number of hydrogen-bond acceptors (Lipinski definition) is 3. The number of benzene rings is 1. The van der Waals surface area contributed by atoms with Gasteiger partial charge in [-0.25, -0.2) is 0 Å². The summed E-state index contributed by atoms with van der Waals surface area (Å²) in [5.74, 6) is 6.12. The molecule has 3 aliphatic carbocycles. The Labute approximate surface area is 195 Å². The molecular weight excluding hydrogens is 396 g/mol. The van der Waals surface area contributed by atoms with Crippen LogP contribution in [0.3, 0.4) is 0 Å². The van der Waals surface area contributed by atoms with Gasteiger partial charge in [0.05, 0.1) is 5.92 Å². The van der Waals surface area contributed by atoms with Gasteiger partial charge in [0.1, 0.15) is 18.1 Å². The van der Waals surface area contributed by atoms with Crippen molar-refractivity contribution in [2.24, 2.45) is 35.5 Å². The van der Waals surface area contributed by atoms with Crippen LogP contribution in [0, 0.1) is 35.5 Å². The molecular formula is C29H42O3. The number of fused-ring (bicyclic) bond motifs is 1. The average molecular weight is 439 g/mol. The van der Waals surface area contributed by atoms with E-state index >= 15 is 0 Å². The lowest BCUT2D eigenvalue weighted by Gasteiger charge is -2.45. The molecule has 0 aromatic heterocycles. The molecule has 0 bridgehead atoms. The van der Waals surface area contributed by atoms with Crippen molar-refractivity contribution < 1.29 is 14.3 Å². The molecule has 0 radical (unpaired) electrons. The Hall–Kier alpha value is -1.77. The van der Waals surface area contributed by atoms with Gasteiger partial charge in [0.25, 0.3) is 0 Å². The molecule has 32 heavy (non-hydrogen) atoms. The Morgan fingerprint density at radius 1 is 0.875 bits per heavy atom. The monoisotopic (exact) mass is 438 g/mol. The molecule has 4 rings (SSSR count). The third-order valence-electron chi connectivity index (χ3n) is 8.64. The summed E-state index contributed by atoms with van der Waals surface area (Å²) in [4.78, 5) is 12.7. The van der Waals surface area contributed by atoms with Crippen molar-refractivity contribution in [2.45, 2.75) is 84.0 Å². The van der Waals surface area contributed by atoms with Gasteiger partial charge >= 0.3 is 5.97 Å². The van der Waals surface area contributed by atoms with E-state index in [4.69, 9.17) is 9.47 Å². The fourth-order valence-electron chi connectivity index (χ4n) is 6.91. The number of esters is 1. The third-order valence-corrected chi connectivity index (χ3v) is 8.64. The minimum atomic E-state index is -0.0545. The summed E-state index contributed by atoms with van der Waals surface area (Å²) in [5, 5.41) is 0. The lowest BCUT2D eigenvalue weighted by molar-refractivity contribution is -0.140. The minimum absolute atomic E-state index is 0.0545. The highest BCUT2D eigenvalue weighted by Gasteiger charge is 2.39. The summed E-state index contributed by atoms with van der Waals surface area (Å²) in [5.41, 5.74) is 0. The van der Waals surface area contributed by atoms with Crippen molar-refractivity contribution in [3.8, 4) is 11.5 Å². The Morgan fingerprint density at radius 3 is 2.16 bits per heavy atom. The molecule has 0 heterocycles. The molecule has 4 atom stereocenters. The molecule has 1 aromatic rings. The topological polar surface area (TPSA) is 35.5 Å². The molecule has 0 amide bonds. The fourth-order valence-corrected chi connectivity index (χ4v) is 6.91. The Balaban J connectivity index is 1.20. The smallest absolute Gasteiger partial charge is 0.314 e. The lowest BCUT2D eigenvalue weighted by Crippen LogP contribution is -2.35. The molecule has 1 aromatic carbocycles. The van der Waals surface area contributed by atoms with E-state index in [1.807, 2.05) is 24.3 Å². The fraction of sp³-hybridized carbons (Fsp3) is 0.690. The van der Waals surface area contributed by atoms with E-state index in [1.165, 1.54) is 64.2 Å². The zero-order chi connectivity index (χ0) is 22.3. The molecule has 3 saturated carbocycles. The zero-order valence-electron chi connectivity index (χ0n) is 20.0. The Bertz CT molecular complexity index is 731. The Kier molecular flexibility index (Phi) is 8.32. The summed E-state index contributed by atoms with van der Waals surface area (Å²) >= 11 is 0. The van der Waals surface area contributed by atoms with E-state index in [0.717, 1.165) is 48.2 Å². The predicted molar refractivity (Wildman–Crippen MR) is 130 cm³/mol. The van der Waals surface area contributed by atoms with Gasteiger partial charge in [0, 0.05) is 0 Å². The van der Waals surface area contributed by atoms with E-state index in [0.29, 0.717) is 12.4 Å². The van der Waals surface area contributed by atoms with Crippen LogP contribution in [-0.2, 0) is 4.79 Å². The zero-order valence-corrected chi connectivity index (χ0v) is 20.0. The van der Waals surface area contributed by atoms with Crippen molar-refractivity contribution in [3.63, 3.8) is 0 Å². The van der Waals surface area contributed by atoms with Crippen molar-refractivity contribution in [1.82, 2.24) is 0 Å². The van der Waals surface area contributed by atoms with Crippen molar-refractivity contribution in [1.29, 1.82) is 0 Å². The van der Waals surface area contributed by atoms with Crippen LogP contribution in [0.1, 0.15) is 84.0 Å². The SMILES string of the molecule is C=CCOc1ccc(OC(=O)C2CCC(C3CCC4CC(CCC)CCC4C3)CC2)cc1. The summed E-state index contributed by atoms with van der Waals surface area (Å²) in [6.07, 6.45) is 17.7. The first-order valence-electron chi connectivity index (χ1n) is 13.2. The maximum atomic E-state index is 12.7. The second-order valence-corrected chi connectivity index (χ2v) is 10.7. The molecule has 3 aliphatic rings. The van der Waals surface area contributed by atoms with Gasteiger partial charge in [-0.1, -0.05) is 38.8 Å². The van der Waals surface area contributed by atoms with Crippen molar-refractivity contribution in [2.75, 3.05) is 6.61 Å². The second-order valence-electron chi connectivity index (χ2n) is 10.7. The Morgan fingerprint density at radius 2 is 1.47 bits per heavy atom. The second kappa shape index (κ2) is 11.4. The van der Waals surface area contributed by atoms with Crippen molar-refractivity contribution in [3.05, 3.63) is 36.9 Å². The van der Waals surface area contributed by atoms with Gasteiger partial charge < -0.3 is 9.47 Å². The molecule has 176 valence electrons. The molecule has 0 N–H and O–H groups in total. The number of carbonyl (C=O) groups excluding carboxylic acids is 1. The summed E-state index contributed by atoms with van der Waals surface area (Å²) in [7, 11) is 0. The van der Waals surface area contributed by atoms with Crippen LogP contribution < -0.4 is 9.47 Å². The van der Waals surface area contributed by atoms with Gasteiger partial charge in [-0.05, 0) is 112 Å². The highest BCUT2D eigenvalue weighted by atomic mass is 16.5. The average Bonchev–Trinajstić information content (AvgIpc) is 2.83. The molecule has 3 heteroatoms. The number of ether oxygens (including phenoxy) is 2. The standard InChI is InChI=1S/C29H42O3/c1-3-5-21-6-7-26-20-25(13-12-24(26)19-21)22-8-10-23(11-9-22)29(30)32-28-16-14-27(15-17-28)31-18-4-2/h4,14-17,21-26H,2-3,5-13,18-20H2,1H3. The predicted octanol–water partition coefficient (Wildman–Crippen LogP) is 7.60. The first kappa shape index (κ1) is 23.4. The third kappa shape index (κ3) is 5.97. The molecule has 0 spiro atoms. The molecule has 0 aliphatic heterocycles. The first-order chi connectivity index (χ1) is 15.7. The van der Waals surface area contributed by atoms with E-state index < -0.39 is 0 Å². The van der Waals surface area contributed by atoms with Gasteiger partial charge in [-0.3, -0.25) is 4.79 Å². The van der Waals surface area contributed by atoms with Crippen LogP contribution in [0.5, 0.6) is 11.5 Å². The van der Waals surface area contributed by atoms with Crippen LogP contribution >= 0.6 is 0 Å². The van der Waals surface area contributed by atoms with Crippen LogP contribution in [0.15, 0.2) is 36.9 Å². The van der Waals surface area contributed by atoms with E-state index in [-0.39, 0.29) is 11.9 Å². The highest BCUT2D eigenvalue weighted by molar-refractivity contribution is 5.75. The minimum Gasteiger partial charge on any atom is -0.490 e. The van der Waals surface area contributed by atoms with Crippen LogP contribution in [0.4, 0.5) is 0 Å². The molecule has 4 unspecified atom stereocenters. The van der Waals surface area contributed by atoms with Crippen LogP contribution in [0.2, 0.25) is 0 Å². The number of carbonyl (C=O) groups is 1. The van der Waals surface area contributed by atoms with Crippen molar-refractivity contribution >= 4 is 5.97 Å². The maximum Gasteiger partial charge on any atom is 0.314 e. The quantitative estimate of drug-likeness (QED) is 0.238. The van der Waals surface area contributed by atoms with Gasteiger partial charge in [0.2, 0.25) is 0 Å². The number of rotatable bonds is 8. The van der Waals surface area contributed by atoms with E-state index in [2.05, 4.69) is 13.5 Å². The first-order valence-corrected chi connectivity index (χ1v) is 13.2. The van der Waals surface area contributed by atoms with E-state index in [9.17, 15) is 4.79 Å². The molecule has 3 fully saturated rings. The largest absolute Gasteiger partial charge is 0.490 e.